The molecule has 1 N–H and O–H groups in total. The van der Waals surface area contributed by atoms with Gasteiger partial charge in [0, 0.05) is 12.1 Å². The average molecular weight is 250 g/mol. The van der Waals surface area contributed by atoms with Crippen molar-refractivity contribution in [2.24, 2.45) is 5.92 Å². The first-order valence-electron chi connectivity index (χ1n) is 5.66. The largest absolute Gasteiger partial charge is 0.497 e. The van der Waals surface area contributed by atoms with Gasteiger partial charge in [0.2, 0.25) is 0 Å². The Bertz CT molecular complexity index is 501. The average Bonchev–Trinajstić information content (AvgIpc) is 3.03. The Morgan fingerprint density at radius 3 is 2.72 bits per heavy atom. The van der Waals surface area contributed by atoms with Crippen molar-refractivity contribution >= 4 is 11.6 Å². The topological polar surface area (TPSA) is 81.5 Å². The van der Waals surface area contributed by atoms with Gasteiger partial charge in [-0.15, -0.1) is 0 Å². The van der Waals surface area contributed by atoms with Gasteiger partial charge in [0.15, 0.2) is 0 Å². The van der Waals surface area contributed by atoms with Crippen molar-refractivity contribution in [3.05, 3.63) is 33.9 Å². The molecule has 18 heavy (non-hydrogen) atoms. The monoisotopic (exact) mass is 250 g/mol. The summed E-state index contributed by atoms with van der Waals surface area (Å²) >= 11 is 0. The number of ether oxygens (including phenoxy) is 1. The highest BCUT2D eigenvalue weighted by Gasteiger charge is 2.35. The lowest BCUT2D eigenvalue weighted by molar-refractivity contribution is -0.385. The Morgan fingerprint density at radius 2 is 2.22 bits per heavy atom. The quantitative estimate of drug-likeness (QED) is 0.651. The van der Waals surface area contributed by atoms with Crippen molar-refractivity contribution < 1.29 is 14.5 Å². The highest BCUT2D eigenvalue weighted by Crippen LogP contribution is 2.30. The molecule has 2 unspecified atom stereocenters. The molecule has 1 saturated carbocycles. The van der Waals surface area contributed by atoms with E-state index in [0.717, 1.165) is 6.42 Å². The van der Waals surface area contributed by atoms with Gasteiger partial charge in [0.1, 0.15) is 11.3 Å². The second kappa shape index (κ2) is 4.64. The first-order chi connectivity index (χ1) is 8.52. The fraction of sp³-hybridized carbons (Fsp3) is 0.417. The number of rotatable bonds is 4. The van der Waals surface area contributed by atoms with Gasteiger partial charge in [-0.1, -0.05) is 6.92 Å². The summed E-state index contributed by atoms with van der Waals surface area (Å²) in [7, 11) is 1.45. The zero-order valence-electron chi connectivity index (χ0n) is 10.2. The molecule has 6 nitrogen and oxygen atoms in total. The minimum absolute atomic E-state index is 0.0402. The number of nitro groups is 1. The Kier molecular flexibility index (Phi) is 3.18. The summed E-state index contributed by atoms with van der Waals surface area (Å²) in [4.78, 5) is 22.3. The normalized spacial score (nSPS) is 21.2. The van der Waals surface area contributed by atoms with Crippen LogP contribution in [0.5, 0.6) is 5.75 Å². The van der Waals surface area contributed by atoms with E-state index in [1.165, 1.54) is 25.3 Å². The summed E-state index contributed by atoms with van der Waals surface area (Å²) in [5.74, 6) is 0.447. The fourth-order valence-corrected chi connectivity index (χ4v) is 1.75. The van der Waals surface area contributed by atoms with Crippen LogP contribution in [0.1, 0.15) is 23.7 Å². The second-order valence-electron chi connectivity index (χ2n) is 4.43. The molecule has 1 aromatic carbocycles. The van der Waals surface area contributed by atoms with Crippen LogP contribution in [0, 0.1) is 16.0 Å². The molecule has 2 rings (SSSR count). The lowest BCUT2D eigenvalue weighted by atomic mass is 10.1. The number of hydrogen-bond acceptors (Lipinski definition) is 4. The van der Waals surface area contributed by atoms with Gasteiger partial charge in [-0.05, 0) is 24.5 Å². The Hall–Kier alpha value is -2.11. The molecule has 0 radical (unpaired) electrons. The number of nitro benzene ring substituents is 1. The highest BCUT2D eigenvalue weighted by molar-refractivity contribution is 5.98. The Balaban J connectivity index is 2.27. The molecule has 1 fully saturated rings. The van der Waals surface area contributed by atoms with E-state index in [0.29, 0.717) is 11.7 Å². The maximum atomic E-state index is 12.0. The van der Waals surface area contributed by atoms with E-state index in [1.54, 1.807) is 0 Å². The molecular formula is C12H14N2O4. The number of methoxy groups -OCH3 is 1. The molecule has 1 amide bonds. The summed E-state index contributed by atoms with van der Waals surface area (Å²) in [6, 6.07) is 4.27. The van der Waals surface area contributed by atoms with E-state index in [2.05, 4.69) is 5.32 Å². The molecule has 0 heterocycles. The van der Waals surface area contributed by atoms with Crippen molar-refractivity contribution in [2.75, 3.05) is 7.11 Å². The van der Waals surface area contributed by atoms with Crippen molar-refractivity contribution in [3.8, 4) is 5.75 Å². The molecule has 1 aliphatic rings. The molecule has 96 valence electrons. The number of carbonyl (C=O) groups excluding carboxylic acids is 1. The number of nitrogens with one attached hydrogen (secondary N) is 1. The maximum Gasteiger partial charge on any atom is 0.282 e. The van der Waals surface area contributed by atoms with E-state index >= 15 is 0 Å². The summed E-state index contributed by atoms with van der Waals surface area (Å²) in [6.07, 6.45) is 0.920. The number of benzene rings is 1. The van der Waals surface area contributed by atoms with Crippen LogP contribution in [0.2, 0.25) is 0 Å². The smallest absolute Gasteiger partial charge is 0.282 e. The number of carbonyl (C=O) groups is 1. The van der Waals surface area contributed by atoms with Gasteiger partial charge in [-0.2, -0.15) is 0 Å². The van der Waals surface area contributed by atoms with Gasteiger partial charge in [-0.3, -0.25) is 14.9 Å². The number of amides is 1. The Labute approximate surface area is 104 Å². The van der Waals surface area contributed by atoms with E-state index in [9.17, 15) is 14.9 Å². The molecular weight excluding hydrogens is 236 g/mol. The predicted octanol–water partition coefficient (Wildman–Crippen LogP) is 1.74. The lowest BCUT2D eigenvalue weighted by Gasteiger charge is -2.06. The Morgan fingerprint density at radius 1 is 1.56 bits per heavy atom. The van der Waals surface area contributed by atoms with Crippen LogP contribution < -0.4 is 10.1 Å². The molecule has 0 aliphatic heterocycles. The first kappa shape index (κ1) is 12.3. The summed E-state index contributed by atoms with van der Waals surface area (Å²) in [5, 5.41) is 13.6. The van der Waals surface area contributed by atoms with Crippen molar-refractivity contribution in [1.29, 1.82) is 0 Å². The molecule has 6 heteroatoms. The van der Waals surface area contributed by atoms with Crippen LogP contribution >= 0.6 is 0 Å². The van der Waals surface area contributed by atoms with Gasteiger partial charge in [0.25, 0.3) is 11.6 Å². The van der Waals surface area contributed by atoms with Crippen molar-refractivity contribution in [3.63, 3.8) is 0 Å². The molecule has 2 atom stereocenters. The zero-order chi connectivity index (χ0) is 13.3. The fourth-order valence-electron chi connectivity index (χ4n) is 1.75. The minimum Gasteiger partial charge on any atom is -0.497 e. The molecule has 1 aromatic rings. The summed E-state index contributed by atoms with van der Waals surface area (Å²) in [5.41, 5.74) is -0.167. The third kappa shape index (κ3) is 2.42. The van der Waals surface area contributed by atoms with Gasteiger partial charge >= 0.3 is 0 Å². The molecule has 0 spiro atoms. The van der Waals surface area contributed by atoms with E-state index < -0.39 is 10.8 Å². The SMILES string of the molecule is COc1ccc([N+](=O)[O-])c(C(=O)NC2CC2C)c1. The second-order valence-corrected chi connectivity index (χ2v) is 4.43. The van der Waals surface area contributed by atoms with Gasteiger partial charge in [-0.25, -0.2) is 0 Å². The summed E-state index contributed by atoms with van der Waals surface area (Å²) < 4.78 is 4.98. The standard InChI is InChI=1S/C12H14N2O4/c1-7-5-10(7)13-12(15)9-6-8(18-2)3-4-11(9)14(16)17/h3-4,6-7,10H,5H2,1-2H3,(H,13,15). The summed E-state index contributed by atoms with van der Waals surface area (Å²) in [6.45, 7) is 2.02. The highest BCUT2D eigenvalue weighted by atomic mass is 16.6. The predicted molar refractivity (Wildman–Crippen MR) is 64.7 cm³/mol. The van der Waals surface area contributed by atoms with Crippen LogP contribution in [-0.2, 0) is 0 Å². The number of nitrogens with zero attached hydrogens (tertiary/aromatic N) is 1. The van der Waals surface area contributed by atoms with Crippen molar-refractivity contribution in [1.82, 2.24) is 5.32 Å². The number of hydrogen-bond donors (Lipinski definition) is 1. The molecule has 0 bridgehead atoms. The third-order valence-corrected chi connectivity index (χ3v) is 3.07. The third-order valence-electron chi connectivity index (χ3n) is 3.07. The first-order valence-corrected chi connectivity index (χ1v) is 5.66. The van der Waals surface area contributed by atoms with Gasteiger partial charge in [0.05, 0.1) is 12.0 Å². The van der Waals surface area contributed by atoms with Gasteiger partial charge < -0.3 is 10.1 Å². The van der Waals surface area contributed by atoms with Crippen LogP contribution in [0.25, 0.3) is 0 Å². The van der Waals surface area contributed by atoms with E-state index in [1.807, 2.05) is 6.92 Å². The van der Waals surface area contributed by atoms with Crippen molar-refractivity contribution in [2.45, 2.75) is 19.4 Å². The molecule has 0 saturated heterocycles. The maximum absolute atomic E-state index is 12.0. The molecule has 0 aromatic heterocycles. The zero-order valence-corrected chi connectivity index (χ0v) is 10.2. The molecule has 1 aliphatic carbocycles. The van der Waals surface area contributed by atoms with E-state index in [4.69, 9.17) is 4.74 Å². The minimum atomic E-state index is -0.565. The van der Waals surface area contributed by atoms with Crippen LogP contribution in [0.4, 0.5) is 5.69 Å². The van der Waals surface area contributed by atoms with Crippen LogP contribution in [0.3, 0.4) is 0 Å². The van der Waals surface area contributed by atoms with E-state index in [-0.39, 0.29) is 17.3 Å². The van der Waals surface area contributed by atoms with Crippen LogP contribution in [-0.4, -0.2) is 24.0 Å². The lowest BCUT2D eigenvalue weighted by Crippen LogP contribution is -2.27. The van der Waals surface area contributed by atoms with Crippen LogP contribution in [0.15, 0.2) is 18.2 Å².